The molecule has 3 rings (SSSR count). The van der Waals surface area contributed by atoms with Crippen molar-refractivity contribution in [3.63, 3.8) is 0 Å². The summed E-state index contributed by atoms with van der Waals surface area (Å²) in [7, 11) is 0. The standard InChI is InChI=1S/C17H21F3N4O3/c18-17(19,20)12-1-2-14(15(9-12)24(26)27)23-7-4-11(5-8-23)16(25)22-13-3-6-21-10-13/h1-2,9,11,13,21H,3-8,10H2,(H,22,25). The lowest BCUT2D eigenvalue weighted by molar-refractivity contribution is -0.384. The molecule has 0 bridgehead atoms. The van der Waals surface area contributed by atoms with Gasteiger partial charge in [-0.25, -0.2) is 0 Å². The molecule has 148 valence electrons. The zero-order chi connectivity index (χ0) is 19.6. The minimum Gasteiger partial charge on any atom is -0.366 e. The number of nitro groups is 1. The molecule has 0 radical (unpaired) electrons. The van der Waals surface area contributed by atoms with E-state index < -0.39 is 22.4 Å². The van der Waals surface area contributed by atoms with E-state index in [9.17, 15) is 28.1 Å². The number of hydrogen-bond acceptors (Lipinski definition) is 5. The van der Waals surface area contributed by atoms with Gasteiger partial charge >= 0.3 is 6.18 Å². The van der Waals surface area contributed by atoms with Gasteiger partial charge in [-0.15, -0.1) is 0 Å². The van der Waals surface area contributed by atoms with Crippen LogP contribution in [0.25, 0.3) is 0 Å². The number of nitrogens with one attached hydrogen (secondary N) is 2. The van der Waals surface area contributed by atoms with E-state index in [-0.39, 0.29) is 23.6 Å². The molecule has 0 aliphatic carbocycles. The molecule has 2 N–H and O–H groups in total. The maximum atomic E-state index is 12.8. The molecule has 1 atom stereocenters. The van der Waals surface area contributed by atoms with Crippen molar-refractivity contribution < 1.29 is 22.9 Å². The van der Waals surface area contributed by atoms with E-state index in [0.29, 0.717) is 32.0 Å². The van der Waals surface area contributed by atoms with Crippen LogP contribution in [-0.2, 0) is 11.0 Å². The molecule has 10 heteroatoms. The third-order valence-corrected chi connectivity index (χ3v) is 5.11. The summed E-state index contributed by atoms with van der Waals surface area (Å²) in [5.74, 6) is -0.208. The van der Waals surface area contributed by atoms with Gasteiger partial charge in [0.15, 0.2) is 0 Å². The van der Waals surface area contributed by atoms with Gasteiger partial charge in [0.2, 0.25) is 5.91 Å². The number of carbonyl (C=O) groups is 1. The maximum absolute atomic E-state index is 12.8. The quantitative estimate of drug-likeness (QED) is 0.613. The van der Waals surface area contributed by atoms with Crippen LogP contribution in [0.1, 0.15) is 24.8 Å². The first-order valence-corrected chi connectivity index (χ1v) is 8.87. The number of nitro benzene ring substituents is 1. The Morgan fingerprint density at radius 3 is 2.52 bits per heavy atom. The van der Waals surface area contributed by atoms with Crippen LogP contribution >= 0.6 is 0 Å². The average molecular weight is 386 g/mol. The Balaban J connectivity index is 1.66. The zero-order valence-electron chi connectivity index (χ0n) is 14.6. The first-order chi connectivity index (χ1) is 12.8. The van der Waals surface area contributed by atoms with Crippen molar-refractivity contribution in [3.8, 4) is 0 Å². The second-order valence-corrected chi connectivity index (χ2v) is 6.92. The van der Waals surface area contributed by atoms with Crippen molar-refractivity contribution in [2.75, 3.05) is 31.1 Å². The molecular weight excluding hydrogens is 365 g/mol. The van der Waals surface area contributed by atoms with Crippen molar-refractivity contribution in [3.05, 3.63) is 33.9 Å². The zero-order valence-corrected chi connectivity index (χ0v) is 14.6. The predicted molar refractivity (Wildman–Crippen MR) is 92.5 cm³/mol. The normalized spacial score (nSPS) is 21.3. The molecule has 1 amide bonds. The van der Waals surface area contributed by atoms with Crippen LogP contribution in [0, 0.1) is 16.0 Å². The highest BCUT2D eigenvalue weighted by molar-refractivity contribution is 5.79. The Labute approximate surface area is 154 Å². The molecule has 2 aliphatic heterocycles. The molecule has 7 nitrogen and oxygen atoms in total. The summed E-state index contributed by atoms with van der Waals surface area (Å²) in [6.07, 6.45) is -2.74. The lowest BCUT2D eigenvalue weighted by Crippen LogP contribution is -2.44. The van der Waals surface area contributed by atoms with E-state index in [1.54, 1.807) is 4.90 Å². The fourth-order valence-corrected chi connectivity index (χ4v) is 3.59. The molecule has 1 unspecified atom stereocenters. The molecule has 1 aromatic carbocycles. The van der Waals surface area contributed by atoms with Gasteiger partial charge in [0.05, 0.1) is 10.5 Å². The van der Waals surface area contributed by atoms with E-state index in [0.717, 1.165) is 31.6 Å². The van der Waals surface area contributed by atoms with Gasteiger partial charge in [-0.1, -0.05) is 0 Å². The van der Waals surface area contributed by atoms with Crippen molar-refractivity contribution in [2.24, 2.45) is 5.92 Å². The number of rotatable bonds is 4. The van der Waals surface area contributed by atoms with Crippen LogP contribution in [0.2, 0.25) is 0 Å². The SMILES string of the molecule is O=C(NC1CCNC1)C1CCN(c2ccc(C(F)(F)F)cc2[N+](=O)[O-])CC1. The lowest BCUT2D eigenvalue weighted by Gasteiger charge is -2.33. The van der Waals surface area contributed by atoms with Gasteiger partial charge in [0, 0.05) is 37.7 Å². The Bertz CT molecular complexity index is 712. The van der Waals surface area contributed by atoms with Crippen LogP contribution in [0.5, 0.6) is 0 Å². The molecule has 27 heavy (non-hydrogen) atoms. The average Bonchev–Trinajstić information content (AvgIpc) is 3.13. The summed E-state index contributed by atoms with van der Waals surface area (Å²) in [5, 5.41) is 17.4. The molecule has 0 saturated carbocycles. The van der Waals surface area contributed by atoms with Crippen LogP contribution in [0.15, 0.2) is 18.2 Å². The third-order valence-electron chi connectivity index (χ3n) is 5.11. The van der Waals surface area contributed by atoms with Gasteiger partial charge in [0.25, 0.3) is 5.69 Å². The molecule has 2 heterocycles. The number of amides is 1. The fourth-order valence-electron chi connectivity index (χ4n) is 3.59. The van der Waals surface area contributed by atoms with E-state index in [1.165, 1.54) is 0 Å². The number of piperidine rings is 1. The highest BCUT2D eigenvalue weighted by Gasteiger charge is 2.35. The van der Waals surface area contributed by atoms with Crippen LogP contribution in [0.3, 0.4) is 0 Å². The number of nitrogens with zero attached hydrogens (tertiary/aromatic N) is 2. The number of carbonyl (C=O) groups excluding carboxylic acids is 1. The Hall–Kier alpha value is -2.36. The highest BCUT2D eigenvalue weighted by atomic mass is 19.4. The molecule has 0 spiro atoms. The second kappa shape index (κ2) is 7.71. The number of alkyl halides is 3. The molecular formula is C17H21F3N4O3. The van der Waals surface area contributed by atoms with E-state index in [1.807, 2.05) is 0 Å². The van der Waals surface area contributed by atoms with Crippen molar-refractivity contribution in [2.45, 2.75) is 31.5 Å². The summed E-state index contributed by atoms with van der Waals surface area (Å²) in [6, 6.07) is 2.70. The fraction of sp³-hybridized carbons (Fsp3) is 0.588. The molecule has 1 aromatic rings. The van der Waals surface area contributed by atoms with Gasteiger partial charge < -0.3 is 15.5 Å². The van der Waals surface area contributed by atoms with Crippen molar-refractivity contribution in [1.29, 1.82) is 0 Å². The molecule has 2 saturated heterocycles. The Kier molecular flexibility index (Phi) is 5.54. The Morgan fingerprint density at radius 2 is 1.96 bits per heavy atom. The lowest BCUT2D eigenvalue weighted by atomic mass is 9.94. The van der Waals surface area contributed by atoms with Gasteiger partial charge in [0.1, 0.15) is 5.69 Å². The van der Waals surface area contributed by atoms with E-state index in [2.05, 4.69) is 10.6 Å². The smallest absolute Gasteiger partial charge is 0.366 e. The molecule has 0 aromatic heterocycles. The predicted octanol–water partition coefficient (Wildman–Crippen LogP) is 2.31. The third kappa shape index (κ3) is 4.49. The number of benzene rings is 1. The maximum Gasteiger partial charge on any atom is 0.416 e. The van der Waals surface area contributed by atoms with Crippen LogP contribution < -0.4 is 15.5 Å². The first kappa shape index (κ1) is 19.4. The number of hydrogen-bond donors (Lipinski definition) is 2. The van der Waals surface area contributed by atoms with Gasteiger partial charge in [-0.3, -0.25) is 14.9 Å². The Morgan fingerprint density at radius 1 is 1.26 bits per heavy atom. The van der Waals surface area contributed by atoms with Crippen LogP contribution in [-0.4, -0.2) is 43.1 Å². The topological polar surface area (TPSA) is 87.5 Å². The monoisotopic (exact) mass is 386 g/mol. The van der Waals surface area contributed by atoms with Crippen molar-refractivity contribution >= 4 is 17.3 Å². The molecule has 2 aliphatic rings. The summed E-state index contributed by atoms with van der Waals surface area (Å²) < 4.78 is 38.5. The largest absolute Gasteiger partial charge is 0.416 e. The number of anilines is 1. The summed E-state index contributed by atoms with van der Waals surface area (Å²) >= 11 is 0. The minimum absolute atomic E-state index is 0.0229. The summed E-state index contributed by atoms with van der Waals surface area (Å²) in [5.41, 5.74) is -1.45. The van der Waals surface area contributed by atoms with Crippen LogP contribution in [0.4, 0.5) is 24.5 Å². The van der Waals surface area contributed by atoms with Gasteiger partial charge in [-0.05, 0) is 37.9 Å². The van der Waals surface area contributed by atoms with E-state index >= 15 is 0 Å². The van der Waals surface area contributed by atoms with Crippen molar-refractivity contribution in [1.82, 2.24) is 10.6 Å². The minimum atomic E-state index is -4.64. The summed E-state index contributed by atoms with van der Waals surface area (Å²) in [6.45, 7) is 2.39. The first-order valence-electron chi connectivity index (χ1n) is 8.87. The van der Waals surface area contributed by atoms with Gasteiger partial charge in [-0.2, -0.15) is 13.2 Å². The summed E-state index contributed by atoms with van der Waals surface area (Å²) in [4.78, 5) is 24.5. The highest BCUT2D eigenvalue weighted by Crippen LogP contribution is 2.37. The number of halogens is 3. The van der Waals surface area contributed by atoms with E-state index in [4.69, 9.17) is 0 Å². The second-order valence-electron chi connectivity index (χ2n) is 6.92. The molecule has 2 fully saturated rings.